The first-order valence-corrected chi connectivity index (χ1v) is 24.7. The standard InChI is InChI=1S/C48H94O16/c1-5-6-7-8-9-10-11-12-13-14-15-16-17-18-19-20-46(49)63-44-43-61-40-39-59-36-35-57-32-31-55-28-27-53-24-23-51-21-22-52-25-26-54-29-30-56-33-34-58-37-38-60-41-42-62-45-47(50)64-48(2,3)4/h5-45H2,1-4H3. The second-order valence-corrected chi connectivity index (χ2v) is 16.3. The Labute approximate surface area is 388 Å². The molecule has 0 bridgehead atoms. The van der Waals surface area contributed by atoms with Crippen LogP contribution in [0.25, 0.3) is 0 Å². The van der Waals surface area contributed by atoms with Gasteiger partial charge in [0.1, 0.15) is 18.8 Å². The van der Waals surface area contributed by atoms with Crippen molar-refractivity contribution in [3.05, 3.63) is 0 Å². The Morgan fingerprint density at radius 3 is 0.797 bits per heavy atom. The fourth-order valence-corrected chi connectivity index (χ4v) is 5.87. The highest BCUT2D eigenvalue weighted by Crippen LogP contribution is 2.14. The van der Waals surface area contributed by atoms with Crippen LogP contribution >= 0.6 is 0 Å². The number of hydrogen-bond donors (Lipinski definition) is 0. The van der Waals surface area contributed by atoms with Crippen LogP contribution in [0.4, 0.5) is 0 Å². The minimum absolute atomic E-state index is 0.0871. The lowest BCUT2D eigenvalue weighted by atomic mass is 10.0. The zero-order valence-electron chi connectivity index (χ0n) is 41.0. The van der Waals surface area contributed by atoms with Gasteiger partial charge in [0.05, 0.1) is 152 Å². The van der Waals surface area contributed by atoms with Crippen molar-refractivity contribution >= 4 is 11.9 Å². The van der Waals surface area contributed by atoms with Crippen LogP contribution in [0.1, 0.15) is 130 Å². The first kappa shape index (κ1) is 62.5. The zero-order chi connectivity index (χ0) is 46.5. The maximum Gasteiger partial charge on any atom is 0.332 e. The van der Waals surface area contributed by atoms with Gasteiger partial charge in [0.15, 0.2) is 0 Å². The second-order valence-electron chi connectivity index (χ2n) is 16.3. The smallest absolute Gasteiger partial charge is 0.332 e. The minimum atomic E-state index is -0.516. The quantitative estimate of drug-likeness (QED) is 0.0440. The summed E-state index contributed by atoms with van der Waals surface area (Å²) in [7, 11) is 0. The van der Waals surface area contributed by atoms with E-state index >= 15 is 0 Å². The van der Waals surface area contributed by atoms with Crippen molar-refractivity contribution in [2.24, 2.45) is 0 Å². The van der Waals surface area contributed by atoms with Crippen molar-refractivity contribution in [1.82, 2.24) is 0 Å². The molecule has 0 aliphatic heterocycles. The molecular formula is C48H94O16. The normalized spacial score (nSPS) is 11.8. The van der Waals surface area contributed by atoms with Crippen LogP contribution in [0.2, 0.25) is 0 Å². The van der Waals surface area contributed by atoms with Crippen molar-refractivity contribution in [2.45, 2.75) is 136 Å². The molecule has 0 radical (unpaired) electrons. The molecule has 0 amide bonds. The molecule has 0 spiro atoms. The number of ether oxygens (including phenoxy) is 14. The van der Waals surface area contributed by atoms with Gasteiger partial charge in [0.2, 0.25) is 0 Å². The summed E-state index contributed by atoms with van der Waals surface area (Å²) in [6, 6.07) is 0. The summed E-state index contributed by atoms with van der Waals surface area (Å²) in [4.78, 5) is 23.5. The molecule has 0 aliphatic carbocycles. The molecule has 16 heteroatoms. The van der Waals surface area contributed by atoms with E-state index in [9.17, 15) is 9.59 Å². The van der Waals surface area contributed by atoms with Gasteiger partial charge in [0, 0.05) is 6.42 Å². The van der Waals surface area contributed by atoms with Gasteiger partial charge in [-0.25, -0.2) is 4.79 Å². The second kappa shape index (κ2) is 52.4. The molecule has 0 rings (SSSR count). The molecule has 0 aromatic rings. The van der Waals surface area contributed by atoms with Gasteiger partial charge >= 0.3 is 11.9 Å². The number of carbonyl (C=O) groups is 2. The lowest BCUT2D eigenvalue weighted by molar-refractivity contribution is -0.160. The predicted octanol–water partition coefficient (Wildman–Crippen LogP) is 7.33. The Balaban J connectivity index is 3.15. The van der Waals surface area contributed by atoms with Crippen molar-refractivity contribution in [3.8, 4) is 0 Å². The van der Waals surface area contributed by atoms with E-state index in [0.29, 0.717) is 158 Å². The average molecular weight is 927 g/mol. The van der Waals surface area contributed by atoms with Crippen LogP contribution in [0.15, 0.2) is 0 Å². The number of rotatable bonds is 54. The Bertz CT molecular complexity index is 938. The van der Waals surface area contributed by atoms with Crippen LogP contribution in [0.3, 0.4) is 0 Å². The monoisotopic (exact) mass is 927 g/mol. The van der Waals surface area contributed by atoms with E-state index in [1.807, 2.05) is 20.8 Å². The summed E-state index contributed by atoms with van der Waals surface area (Å²) >= 11 is 0. The molecule has 16 nitrogen and oxygen atoms in total. The largest absolute Gasteiger partial charge is 0.463 e. The summed E-state index contributed by atoms with van der Waals surface area (Å²) in [6.45, 7) is 18.5. The van der Waals surface area contributed by atoms with Gasteiger partial charge in [0.25, 0.3) is 0 Å². The summed E-state index contributed by atoms with van der Waals surface area (Å²) < 4.78 is 76.0. The molecular weight excluding hydrogens is 833 g/mol. The molecule has 0 saturated heterocycles. The Kier molecular flexibility index (Phi) is 51.2. The fraction of sp³-hybridized carbons (Fsp3) is 0.958. The fourth-order valence-electron chi connectivity index (χ4n) is 5.87. The first-order chi connectivity index (χ1) is 31.3. The third kappa shape index (κ3) is 56.6. The zero-order valence-corrected chi connectivity index (χ0v) is 41.0. The van der Waals surface area contributed by atoms with Crippen LogP contribution in [0, 0.1) is 0 Å². The Morgan fingerprint density at radius 2 is 0.531 bits per heavy atom. The van der Waals surface area contributed by atoms with Gasteiger partial charge in [-0.05, 0) is 27.2 Å². The topological polar surface area (TPSA) is 163 Å². The van der Waals surface area contributed by atoms with Crippen LogP contribution in [0.5, 0.6) is 0 Å². The lowest BCUT2D eigenvalue weighted by Crippen LogP contribution is -2.27. The Hall–Kier alpha value is -1.54. The van der Waals surface area contributed by atoms with Gasteiger partial charge in [-0.3, -0.25) is 4.79 Å². The summed E-state index contributed by atoms with van der Waals surface area (Å²) in [6.07, 6.45) is 20.2. The molecule has 64 heavy (non-hydrogen) atoms. The van der Waals surface area contributed by atoms with Crippen LogP contribution < -0.4 is 0 Å². The molecule has 0 N–H and O–H groups in total. The van der Waals surface area contributed by atoms with Crippen molar-refractivity contribution < 1.29 is 75.9 Å². The molecule has 0 aromatic heterocycles. The molecule has 0 heterocycles. The third-order valence-corrected chi connectivity index (χ3v) is 9.21. The number of hydrogen-bond acceptors (Lipinski definition) is 16. The minimum Gasteiger partial charge on any atom is -0.463 e. The molecule has 0 saturated carbocycles. The SMILES string of the molecule is CCCCCCCCCCCCCCCCCC(=O)OCCOCCOCCOCCOCCOCCOCCOCCOCCOCCOCCOCCOCC(=O)OC(C)(C)C. The van der Waals surface area contributed by atoms with Gasteiger partial charge in [-0.15, -0.1) is 0 Å². The van der Waals surface area contributed by atoms with Crippen molar-refractivity contribution in [2.75, 3.05) is 165 Å². The molecule has 0 atom stereocenters. The van der Waals surface area contributed by atoms with Crippen LogP contribution in [-0.4, -0.2) is 183 Å². The summed E-state index contributed by atoms with van der Waals surface area (Å²) in [5.41, 5.74) is -0.516. The van der Waals surface area contributed by atoms with Gasteiger partial charge in [-0.2, -0.15) is 0 Å². The van der Waals surface area contributed by atoms with E-state index in [4.69, 9.17) is 66.3 Å². The van der Waals surface area contributed by atoms with E-state index in [2.05, 4.69) is 6.92 Å². The first-order valence-electron chi connectivity index (χ1n) is 24.7. The van der Waals surface area contributed by atoms with Crippen molar-refractivity contribution in [3.63, 3.8) is 0 Å². The maximum absolute atomic E-state index is 11.9. The molecule has 0 fully saturated rings. The van der Waals surface area contributed by atoms with Crippen LogP contribution in [-0.2, 0) is 75.9 Å². The van der Waals surface area contributed by atoms with Crippen molar-refractivity contribution in [1.29, 1.82) is 0 Å². The number of carbonyl (C=O) groups excluding carboxylic acids is 2. The third-order valence-electron chi connectivity index (χ3n) is 9.21. The van der Waals surface area contributed by atoms with Gasteiger partial charge < -0.3 is 66.3 Å². The number of unbranched alkanes of at least 4 members (excludes halogenated alkanes) is 14. The summed E-state index contributed by atoms with van der Waals surface area (Å²) in [5.74, 6) is -0.524. The van der Waals surface area contributed by atoms with Gasteiger partial charge in [-0.1, -0.05) is 96.8 Å². The highest BCUT2D eigenvalue weighted by atomic mass is 16.6. The van der Waals surface area contributed by atoms with E-state index in [0.717, 1.165) is 12.8 Å². The van der Waals surface area contributed by atoms with E-state index < -0.39 is 5.60 Å². The molecule has 0 unspecified atom stereocenters. The lowest BCUT2D eigenvalue weighted by Gasteiger charge is -2.19. The summed E-state index contributed by atoms with van der Waals surface area (Å²) in [5, 5.41) is 0. The average Bonchev–Trinajstić information content (AvgIpc) is 3.26. The predicted molar refractivity (Wildman–Crippen MR) is 246 cm³/mol. The highest BCUT2D eigenvalue weighted by molar-refractivity contribution is 5.71. The molecule has 0 aromatic carbocycles. The van der Waals surface area contributed by atoms with E-state index in [1.54, 1.807) is 0 Å². The number of esters is 2. The Morgan fingerprint density at radius 1 is 0.297 bits per heavy atom. The van der Waals surface area contributed by atoms with E-state index in [1.165, 1.54) is 83.5 Å². The highest BCUT2D eigenvalue weighted by Gasteiger charge is 2.16. The molecule has 382 valence electrons. The molecule has 0 aliphatic rings. The maximum atomic E-state index is 11.9. The van der Waals surface area contributed by atoms with E-state index in [-0.39, 0.29) is 25.2 Å².